The Morgan fingerprint density at radius 2 is 1.88 bits per heavy atom. The van der Waals surface area contributed by atoms with Gasteiger partial charge in [0.1, 0.15) is 16.8 Å². The molecule has 0 spiro atoms. The van der Waals surface area contributed by atoms with Gasteiger partial charge in [-0.1, -0.05) is 17.7 Å². The molecule has 0 aliphatic carbocycles. The molecule has 0 aliphatic rings. The van der Waals surface area contributed by atoms with Gasteiger partial charge >= 0.3 is 12.4 Å². The molecule has 3 aromatic rings. The number of aryl methyl sites for hydroxylation is 1. The van der Waals surface area contributed by atoms with Crippen LogP contribution in [0.5, 0.6) is 0 Å². The fraction of sp³-hybridized carbons (Fsp3) is 0.143. The van der Waals surface area contributed by atoms with Gasteiger partial charge in [-0.05, 0) is 37.3 Å². The monoisotopic (exact) mass is 499 g/mol. The van der Waals surface area contributed by atoms with E-state index in [0.717, 1.165) is 41.4 Å². The van der Waals surface area contributed by atoms with E-state index in [1.54, 1.807) is 6.07 Å². The van der Waals surface area contributed by atoms with Gasteiger partial charge < -0.3 is 5.32 Å². The zero-order chi connectivity index (χ0) is 25.3. The van der Waals surface area contributed by atoms with E-state index in [1.165, 1.54) is 13.0 Å². The fourth-order valence-electron chi connectivity index (χ4n) is 2.88. The highest BCUT2D eigenvalue weighted by atomic mass is 35.5. The number of pyridine rings is 1. The van der Waals surface area contributed by atoms with Crippen LogP contribution in [0.3, 0.4) is 0 Å². The topological polar surface area (TPSA) is 83.6 Å². The first-order valence-corrected chi connectivity index (χ1v) is 9.58. The molecule has 1 N–H and O–H groups in total. The zero-order valence-electron chi connectivity index (χ0n) is 17.0. The Labute approximate surface area is 193 Å². The van der Waals surface area contributed by atoms with E-state index in [0.29, 0.717) is 6.07 Å². The third-order valence-electron chi connectivity index (χ3n) is 4.49. The molecule has 6 nitrogen and oxygen atoms in total. The van der Waals surface area contributed by atoms with Gasteiger partial charge in [0, 0.05) is 11.8 Å². The SMILES string of the molecule is Cc1nn(-c2cccc(C(F)(F)F)c2)c(Cl)c1/C=C(\C#N)C(=O)Nc1cnccc1C(F)(F)F. The van der Waals surface area contributed by atoms with Crippen LogP contribution in [0.1, 0.15) is 22.4 Å². The van der Waals surface area contributed by atoms with E-state index in [2.05, 4.69) is 10.1 Å². The van der Waals surface area contributed by atoms with Crippen molar-refractivity contribution in [2.24, 2.45) is 0 Å². The number of halogens is 7. The third-order valence-corrected chi connectivity index (χ3v) is 4.86. The van der Waals surface area contributed by atoms with Gasteiger partial charge in [0.15, 0.2) is 0 Å². The standard InChI is InChI=1S/C21H12ClF6N5O/c1-11-15(18(22)33(32-11)14-4-2-3-13(8-14)20(23,24)25)7-12(9-29)19(34)31-17-10-30-6-5-16(17)21(26,27)28/h2-8,10H,1H3,(H,31,34)/b12-7+. The summed E-state index contributed by atoms with van der Waals surface area (Å²) in [6.07, 6.45) is -6.74. The van der Waals surface area contributed by atoms with Crippen molar-refractivity contribution >= 4 is 29.3 Å². The lowest BCUT2D eigenvalue weighted by Gasteiger charge is -2.12. The van der Waals surface area contributed by atoms with Crippen molar-refractivity contribution in [1.29, 1.82) is 5.26 Å². The number of nitrogens with zero attached hydrogens (tertiary/aromatic N) is 4. The third kappa shape index (κ3) is 5.20. The van der Waals surface area contributed by atoms with Crippen LogP contribution in [-0.4, -0.2) is 20.7 Å². The number of hydrogen-bond donors (Lipinski definition) is 1. The van der Waals surface area contributed by atoms with Crippen LogP contribution in [0.25, 0.3) is 11.8 Å². The van der Waals surface area contributed by atoms with Crippen molar-refractivity contribution in [1.82, 2.24) is 14.8 Å². The van der Waals surface area contributed by atoms with Gasteiger partial charge in [0.25, 0.3) is 5.91 Å². The average molecular weight is 500 g/mol. The Kier molecular flexibility index (Phi) is 6.70. The normalized spacial score (nSPS) is 12.4. The number of anilines is 1. The molecule has 2 aromatic heterocycles. The van der Waals surface area contributed by atoms with E-state index in [4.69, 9.17) is 11.6 Å². The molecule has 0 fully saturated rings. The second kappa shape index (κ2) is 9.18. The number of nitrogens with one attached hydrogen (secondary N) is 1. The first-order valence-electron chi connectivity index (χ1n) is 9.20. The molecule has 0 unspecified atom stereocenters. The zero-order valence-corrected chi connectivity index (χ0v) is 17.7. The minimum atomic E-state index is -4.78. The number of nitriles is 1. The highest BCUT2D eigenvalue weighted by Gasteiger charge is 2.34. The summed E-state index contributed by atoms with van der Waals surface area (Å²) in [6.45, 7) is 1.43. The van der Waals surface area contributed by atoms with Crippen molar-refractivity contribution in [3.63, 3.8) is 0 Å². The number of aromatic nitrogens is 3. The number of amides is 1. The van der Waals surface area contributed by atoms with Crippen molar-refractivity contribution in [3.8, 4) is 11.8 Å². The molecular weight excluding hydrogens is 488 g/mol. The van der Waals surface area contributed by atoms with Gasteiger partial charge in [-0.15, -0.1) is 0 Å². The second-order valence-electron chi connectivity index (χ2n) is 6.79. The van der Waals surface area contributed by atoms with Gasteiger partial charge in [0.05, 0.1) is 34.4 Å². The van der Waals surface area contributed by atoms with E-state index in [1.807, 2.05) is 5.32 Å². The molecule has 0 atom stereocenters. The largest absolute Gasteiger partial charge is 0.418 e. The molecule has 0 radical (unpaired) electrons. The number of carbonyl (C=O) groups excluding carboxylic acids is 1. The molecule has 1 amide bonds. The Balaban J connectivity index is 1.98. The van der Waals surface area contributed by atoms with Crippen LogP contribution >= 0.6 is 11.6 Å². The summed E-state index contributed by atoms with van der Waals surface area (Å²) in [7, 11) is 0. The quantitative estimate of drug-likeness (QED) is 0.279. The number of alkyl halides is 6. The average Bonchev–Trinajstić information content (AvgIpc) is 3.04. The summed E-state index contributed by atoms with van der Waals surface area (Å²) in [5, 5.41) is 15.2. The maximum absolute atomic E-state index is 13.1. The van der Waals surface area contributed by atoms with Crippen LogP contribution in [0.4, 0.5) is 32.0 Å². The molecular formula is C21H12ClF6N5O. The first-order chi connectivity index (χ1) is 15.8. The Hall–Kier alpha value is -3.85. The van der Waals surface area contributed by atoms with E-state index in [-0.39, 0.29) is 22.1 Å². The minimum absolute atomic E-state index is 0.0213. The second-order valence-corrected chi connectivity index (χ2v) is 7.15. The van der Waals surface area contributed by atoms with Crippen molar-refractivity contribution in [2.45, 2.75) is 19.3 Å². The van der Waals surface area contributed by atoms with Crippen LogP contribution < -0.4 is 5.32 Å². The Morgan fingerprint density at radius 1 is 1.18 bits per heavy atom. The van der Waals surface area contributed by atoms with Gasteiger partial charge in [0.2, 0.25) is 0 Å². The molecule has 3 rings (SSSR count). The maximum Gasteiger partial charge on any atom is 0.418 e. The Bertz CT molecular complexity index is 1320. The summed E-state index contributed by atoms with van der Waals surface area (Å²) >= 11 is 6.26. The molecule has 0 bridgehead atoms. The molecule has 0 saturated carbocycles. The Morgan fingerprint density at radius 3 is 2.50 bits per heavy atom. The summed E-state index contributed by atoms with van der Waals surface area (Å²) in [5.74, 6) is -1.18. The summed E-state index contributed by atoms with van der Waals surface area (Å²) in [4.78, 5) is 16.0. The van der Waals surface area contributed by atoms with Crippen LogP contribution in [-0.2, 0) is 17.1 Å². The smallest absolute Gasteiger partial charge is 0.319 e. The van der Waals surface area contributed by atoms with E-state index in [9.17, 15) is 36.4 Å². The molecule has 34 heavy (non-hydrogen) atoms. The summed E-state index contributed by atoms with van der Waals surface area (Å²) in [5.41, 5.74) is -3.25. The van der Waals surface area contributed by atoms with Crippen LogP contribution in [0, 0.1) is 18.3 Å². The predicted octanol–water partition coefficient (Wildman–Crippen LogP) is 5.81. The van der Waals surface area contributed by atoms with E-state index < -0.39 is 40.6 Å². The number of benzene rings is 1. The fourth-order valence-corrected chi connectivity index (χ4v) is 3.21. The summed E-state index contributed by atoms with van der Waals surface area (Å²) < 4.78 is 79.5. The van der Waals surface area contributed by atoms with Crippen LogP contribution in [0.2, 0.25) is 5.15 Å². The van der Waals surface area contributed by atoms with Gasteiger partial charge in [-0.25, -0.2) is 4.68 Å². The lowest BCUT2D eigenvalue weighted by Crippen LogP contribution is -2.18. The maximum atomic E-state index is 13.1. The lowest BCUT2D eigenvalue weighted by atomic mass is 10.1. The van der Waals surface area contributed by atoms with Gasteiger partial charge in [-0.3, -0.25) is 9.78 Å². The highest BCUT2D eigenvalue weighted by molar-refractivity contribution is 6.31. The minimum Gasteiger partial charge on any atom is -0.319 e. The predicted molar refractivity (Wildman–Crippen MR) is 110 cm³/mol. The lowest BCUT2D eigenvalue weighted by molar-refractivity contribution is -0.138. The highest BCUT2D eigenvalue weighted by Crippen LogP contribution is 2.35. The molecule has 13 heteroatoms. The first kappa shape index (κ1) is 24.8. The molecule has 1 aromatic carbocycles. The summed E-state index contributed by atoms with van der Waals surface area (Å²) in [6, 6.07) is 6.37. The van der Waals surface area contributed by atoms with Crippen LogP contribution in [0.15, 0.2) is 48.3 Å². The van der Waals surface area contributed by atoms with Gasteiger partial charge in [-0.2, -0.15) is 36.7 Å². The van der Waals surface area contributed by atoms with E-state index >= 15 is 0 Å². The molecule has 0 aliphatic heterocycles. The van der Waals surface area contributed by atoms with Crippen molar-refractivity contribution < 1.29 is 31.1 Å². The molecule has 0 saturated heterocycles. The number of carbonyl (C=O) groups is 1. The molecule has 2 heterocycles. The van der Waals surface area contributed by atoms with Crippen molar-refractivity contribution in [3.05, 3.63) is 75.8 Å². The molecule has 176 valence electrons. The number of hydrogen-bond acceptors (Lipinski definition) is 4. The van der Waals surface area contributed by atoms with Crippen molar-refractivity contribution in [2.75, 3.05) is 5.32 Å². The number of rotatable bonds is 4.